The molecule has 282 valence electrons. The number of aryl methyl sites for hydroxylation is 2. The molecule has 0 bridgehead atoms. The van der Waals surface area contributed by atoms with Crippen molar-refractivity contribution in [1.82, 2.24) is 25.2 Å². The van der Waals surface area contributed by atoms with Gasteiger partial charge in [0.25, 0.3) is 5.91 Å². The van der Waals surface area contributed by atoms with Crippen LogP contribution < -0.4 is 20.1 Å². The highest BCUT2D eigenvalue weighted by molar-refractivity contribution is 7.91. The molecule has 1 saturated heterocycles. The van der Waals surface area contributed by atoms with E-state index in [1.807, 2.05) is 37.3 Å². The van der Waals surface area contributed by atoms with Crippen LogP contribution in [0.2, 0.25) is 0 Å². The van der Waals surface area contributed by atoms with Crippen molar-refractivity contribution in [3.8, 4) is 5.75 Å². The van der Waals surface area contributed by atoms with Crippen LogP contribution in [0, 0.1) is 18.3 Å². The van der Waals surface area contributed by atoms with Crippen LogP contribution in [-0.2, 0) is 30.8 Å². The molecule has 5 atom stereocenters. The highest BCUT2D eigenvalue weighted by Crippen LogP contribution is 2.49. The first-order valence-corrected chi connectivity index (χ1v) is 20.7. The molecular weight excluding hydrogens is 679 g/mol. The summed E-state index contributed by atoms with van der Waals surface area (Å²) in [6.07, 6.45) is 11.9. The first-order valence-electron chi connectivity index (χ1n) is 19.2. The number of para-hydroxylation sites is 1. The van der Waals surface area contributed by atoms with Crippen LogP contribution in [0.15, 0.2) is 36.4 Å². The third-order valence-corrected chi connectivity index (χ3v) is 14.3. The Balaban J connectivity index is 1.22. The molecule has 3 aliphatic heterocycles. The molecule has 3 N–H and O–H groups in total. The summed E-state index contributed by atoms with van der Waals surface area (Å²) in [5, 5.41) is 7.62. The predicted octanol–water partition coefficient (Wildman–Crippen LogP) is 5.00. The summed E-state index contributed by atoms with van der Waals surface area (Å²) in [5.74, 6) is -0.955. The van der Waals surface area contributed by atoms with Gasteiger partial charge in [-0.3, -0.25) is 19.1 Å². The molecule has 2 aliphatic carbocycles. The van der Waals surface area contributed by atoms with Crippen LogP contribution in [0.4, 0.5) is 0 Å². The van der Waals surface area contributed by atoms with Crippen LogP contribution >= 0.6 is 0 Å². The fraction of sp³-hybridized carbons (Fsp3) is 0.650. The van der Waals surface area contributed by atoms with Gasteiger partial charge in [-0.25, -0.2) is 13.4 Å². The van der Waals surface area contributed by atoms with E-state index in [1.54, 1.807) is 11.8 Å². The average Bonchev–Trinajstić information content (AvgIpc) is 3.97. The summed E-state index contributed by atoms with van der Waals surface area (Å²) in [6.45, 7) is 11.0. The normalized spacial score (nSPS) is 30.3. The van der Waals surface area contributed by atoms with E-state index in [1.165, 1.54) is 0 Å². The number of nitrogens with one attached hydrogen (secondary N) is 3. The second-order valence-electron chi connectivity index (χ2n) is 17.5. The molecule has 1 aromatic carbocycles. The number of hydrogen-bond acceptors (Lipinski definition) is 8. The van der Waals surface area contributed by atoms with Gasteiger partial charge in [-0.2, -0.15) is 0 Å². The average molecular weight is 734 g/mol. The molecule has 3 fully saturated rings. The number of aromatic nitrogens is 1. The molecule has 12 heteroatoms. The lowest BCUT2D eigenvalue weighted by atomic mass is 9.87. The van der Waals surface area contributed by atoms with Crippen molar-refractivity contribution in [3.05, 3.63) is 47.7 Å². The molecule has 0 radical (unpaired) electrons. The molecule has 5 aliphatic rings. The number of hydrogen-bond donors (Lipinski definition) is 3. The molecule has 3 amide bonds. The second-order valence-corrected chi connectivity index (χ2v) is 19.7. The van der Waals surface area contributed by atoms with Gasteiger partial charge in [0.05, 0.1) is 28.5 Å². The zero-order valence-corrected chi connectivity index (χ0v) is 32.2. The lowest BCUT2D eigenvalue weighted by Gasteiger charge is -2.36. The zero-order valence-electron chi connectivity index (χ0n) is 31.3. The van der Waals surface area contributed by atoms with Crippen LogP contribution in [0.1, 0.15) is 110 Å². The topological polar surface area (TPSA) is 147 Å². The van der Waals surface area contributed by atoms with Crippen LogP contribution in [0.3, 0.4) is 0 Å². The Morgan fingerprint density at radius 3 is 2.62 bits per heavy atom. The number of ether oxygens (including phenoxy) is 1. The number of amides is 3. The Morgan fingerprint density at radius 1 is 1.10 bits per heavy atom. The van der Waals surface area contributed by atoms with Crippen molar-refractivity contribution < 1.29 is 27.5 Å². The SMILES string of the molecule is Cc1nc2ccccc2c2c1OC1(CC2)CC2C(=O)NC3(C(=O)NS(=O)(=O)C4(C)CC4)CC3C=CCCCCCC(NCCC(C)(C)C)C(=O)N2C1. The van der Waals surface area contributed by atoms with Crippen molar-refractivity contribution in [2.24, 2.45) is 11.3 Å². The van der Waals surface area contributed by atoms with Crippen molar-refractivity contribution in [2.45, 2.75) is 140 Å². The zero-order chi connectivity index (χ0) is 37.1. The van der Waals surface area contributed by atoms with Gasteiger partial charge in [-0.1, -0.05) is 64.0 Å². The van der Waals surface area contributed by atoms with Crippen molar-refractivity contribution in [3.63, 3.8) is 0 Å². The van der Waals surface area contributed by atoms with Gasteiger partial charge in [0, 0.05) is 23.3 Å². The minimum Gasteiger partial charge on any atom is -0.483 e. The Morgan fingerprint density at radius 2 is 1.87 bits per heavy atom. The van der Waals surface area contributed by atoms with Crippen molar-refractivity contribution in [1.29, 1.82) is 0 Å². The number of carbonyl (C=O) groups excluding carboxylic acids is 3. The highest BCUT2D eigenvalue weighted by Gasteiger charge is 2.64. The Hall–Kier alpha value is -3.51. The van der Waals surface area contributed by atoms with Gasteiger partial charge in [-0.05, 0) is 89.7 Å². The number of benzene rings is 1. The van der Waals surface area contributed by atoms with E-state index in [2.05, 4.69) is 42.2 Å². The minimum atomic E-state index is -3.93. The largest absolute Gasteiger partial charge is 0.483 e. The van der Waals surface area contributed by atoms with E-state index >= 15 is 0 Å². The van der Waals surface area contributed by atoms with E-state index in [4.69, 9.17) is 9.72 Å². The number of rotatable bonds is 6. The van der Waals surface area contributed by atoms with Gasteiger partial charge in [0.15, 0.2) is 0 Å². The molecular formula is C40H55N5O6S. The maximum atomic E-state index is 14.7. The second kappa shape index (κ2) is 13.4. The Kier molecular flexibility index (Phi) is 9.50. The number of carbonyl (C=O) groups is 3. The molecule has 4 heterocycles. The summed E-state index contributed by atoms with van der Waals surface area (Å²) >= 11 is 0. The fourth-order valence-corrected chi connectivity index (χ4v) is 9.63. The first-order chi connectivity index (χ1) is 24.6. The standard InChI is InChI=1S/C40H55N5O6S/c1-26-33-29(28-14-11-12-15-30(28)42-26)17-18-39(51-33)24-32-34(46)43-40(36(48)44-52(49,50)38(5)19-20-38)23-27(40)13-9-7-6-8-10-16-31(35(47)45(32)25-39)41-22-21-37(2,3)4/h9,11-15,27,31-32,41H,6-8,10,16-25H2,1-5H3,(H,43,46)(H,44,48). The fourth-order valence-electron chi connectivity index (χ4n) is 8.32. The minimum absolute atomic E-state index is 0.0851. The summed E-state index contributed by atoms with van der Waals surface area (Å²) in [5.41, 5.74) is 0.601. The van der Waals surface area contributed by atoms with Gasteiger partial charge in [-0.15, -0.1) is 0 Å². The van der Waals surface area contributed by atoms with Gasteiger partial charge in [0.1, 0.15) is 22.9 Å². The van der Waals surface area contributed by atoms with Crippen LogP contribution in [0.25, 0.3) is 10.9 Å². The van der Waals surface area contributed by atoms with Crippen LogP contribution in [-0.4, -0.2) is 77.1 Å². The smallest absolute Gasteiger partial charge is 0.259 e. The molecule has 5 unspecified atom stereocenters. The highest BCUT2D eigenvalue weighted by atomic mass is 32.2. The van der Waals surface area contributed by atoms with E-state index in [9.17, 15) is 22.8 Å². The maximum absolute atomic E-state index is 14.7. The molecule has 11 nitrogen and oxygen atoms in total. The quantitative estimate of drug-likeness (QED) is 0.352. The molecule has 2 saturated carbocycles. The molecule has 7 rings (SSSR count). The monoisotopic (exact) mass is 733 g/mol. The number of pyridine rings is 1. The number of fused-ring (bicyclic) bond motifs is 5. The molecule has 2 aromatic rings. The Bertz CT molecular complexity index is 1900. The number of nitrogens with zero attached hydrogens (tertiary/aromatic N) is 2. The Labute approximate surface area is 308 Å². The third kappa shape index (κ3) is 7.09. The van der Waals surface area contributed by atoms with Crippen molar-refractivity contribution in [2.75, 3.05) is 13.1 Å². The lowest BCUT2D eigenvalue weighted by molar-refractivity contribution is -0.141. The number of sulfonamides is 1. The summed E-state index contributed by atoms with van der Waals surface area (Å²) in [4.78, 5) is 49.8. The molecule has 52 heavy (non-hydrogen) atoms. The van der Waals surface area contributed by atoms with E-state index in [-0.39, 0.29) is 36.6 Å². The van der Waals surface area contributed by atoms with E-state index < -0.39 is 49.8 Å². The molecule has 1 aromatic heterocycles. The van der Waals surface area contributed by atoms with Crippen LogP contribution in [0.5, 0.6) is 5.75 Å². The lowest BCUT2D eigenvalue weighted by Crippen LogP contribution is -2.58. The predicted molar refractivity (Wildman–Crippen MR) is 200 cm³/mol. The van der Waals surface area contributed by atoms with Gasteiger partial charge in [0.2, 0.25) is 21.8 Å². The summed E-state index contributed by atoms with van der Waals surface area (Å²) in [6, 6.07) is 6.63. The number of allylic oxidation sites excluding steroid dienone is 1. The van der Waals surface area contributed by atoms with E-state index in [0.717, 1.165) is 54.3 Å². The maximum Gasteiger partial charge on any atom is 0.259 e. The van der Waals surface area contributed by atoms with Crippen molar-refractivity contribution >= 4 is 38.6 Å². The summed E-state index contributed by atoms with van der Waals surface area (Å²) < 4.78 is 34.6. The first kappa shape index (κ1) is 36.8. The third-order valence-electron chi connectivity index (χ3n) is 12.1. The van der Waals surface area contributed by atoms with Gasteiger partial charge < -0.3 is 20.3 Å². The van der Waals surface area contributed by atoms with E-state index in [0.29, 0.717) is 44.4 Å². The summed E-state index contributed by atoms with van der Waals surface area (Å²) in [7, 11) is -3.93. The van der Waals surface area contributed by atoms with Gasteiger partial charge >= 0.3 is 0 Å². The molecule has 1 spiro atoms.